The summed E-state index contributed by atoms with van der Waals surface area (Å²) in [5, 5.41) is 7.35. The van der Waals surface area contributed by atoms with Gasteiger partial charge in [0.1, 0.15) is 52.4 Å². The van der Waals surface area contributed by atoms with E-state index in [1.807, 2.05) is 124 Å². The monoisotopic (exact) mass is 1390 g/mol. The predicted molar refractivity (Wildman–Crippen MR) is 396 cm³/mol. The number of hydrogen-bond donors (Lipinski definition) is 3. The Balaban J connectivity index is 0.000000125. The smallest absolute Gasteiger partial charge is 0.267 e. The molecule has 9 heterocycles. The van der Waals surface area contributed by atoms with Crippen molar-refractivity contribution in [2.24, 2.45) is 24.2 Å². The molecular formula is C83H66F3N15O4. The largest absolute Gasteiger partial charge is 0.364 e. The van der Waals surface area contributed by atoms with Crippen molar-refractivity contribution in [1.82, 2.24) is 59.6 Å². The number of pyridine rings is 6. The minimum atomic E-state index is -0.609. The molecule has 0 bridgehead atoms. The van der Waals surface area contributed by atoms with Crippen LogP contribution in [0.15, 0.2) is 232 Å². The van der Waals surface area contributed by atoms with Crippen molar-refractivity contribution in [3.63, 3.8) is 0 Å². The third kappa shape index (κ3) is 17.1. The first-order chi connectivity index (χ1) is 50.8. The van der Waals surface area contributed by atoms with E-state index in [1.54, 1.807) is 84.2 Å². The summed E-state index contributed by atoms with van der Waals surface area (Å²) in [6.45, 7) is 3.42. The number of rotatable bonds is 16. The Kier molecular flexibility index (Phi) is 20.8. The Labute approximate surface area is 600 Å². The number of ketones is 1. The summed E-state index contributed by atoms with van der Waals surface area (Å²) in [7, 11) is 1.86. The highest BCUT2D eigenvalue weighted by atomic mass is 19.1. The molecule has 19 nitrogen and oxygen atoms in total. The van der Waals surface area contributed by atoms with Gasteiger partial charge in [0.2, 0.25) is 0 Å². The van der Waals surface area contributed by atoms with Crippen molar-refractivity contribution in [2.45, 2.75) is 58.3 Å². The second kappa shape index (κ2) is 31.2. The molecule has 105 heavy (non-hydrogen) atoms. The lowest BCUT2D eigenvalue weighted by Gasteiger charge is -2.10. The van der Waals surface area contributed by atoms with Crippen LogP contribution in [0.3, 0.4) is 0 Å². The van der Waals surface area contributed by atoms with E-state index in [-0.39, 0.29) is 40.2 Å². The molecule has 3 amide bonds. The van der Waals surface area contributed by atoms with Crippen LogP contribution < -0.4 is 17.2 Å². The molecule has 0 saturated heterocycles. The highest BCUT2D eigenvalue weighted by Crippen LogP contribution is 2.38. The van der Waals surface area contributed by atoms with Crippen LogP contribution in [0, 0.1) is 24.4 Å². The zero-order chi connectivity index (χ0) is 73.3. The van der Waals surface area contributed by atoms with E-state index in [9.17, 15) is 32.3 Å². The molecule has 0 radical (unpaired) electrons. The van der Waals surface area contributed by atoms with E-state index in [2.05, 4.69) is 61.0 Å². The molecule has 15 aromatic rings. The Hall–Kier alpha value is -13.5. The molecule has 0 atom stereocenters. The Morgan fingerprint density at radius 1 is 0.438 bits per heavy atom. The number of primary amides is 3. The quantitative estimate of drug-likeness (QED) is 0.0758. The number of Topliss-reactive ketones (excluding diaryl/α,β-unsaturated/α-hetero) is 1. The summed E-state index contributed by atoms with van der Waals surface area (Å²) in [5.74, 6) is -1.56. The molecule has 0 unspecified atom stereocenters. The second-order valence-corrected chi connectivity index (χ2v) is 25.5. The van der Waals surface area contributed by atoms with Crippen molar-refractivity contribution in [3.05, 3.63) is 328 Å². The minimum absolute atomic E-state index is 0.153. The fourth-order valence-electron chi connectivity index (χ4n) is 12.1. The average Bonchev–Trinajstić information content (AvgIpc) is 1.58. The van der Waals surface area contributed by atoms with E-state index in [4.69, 9.17) is 17.2 Å². The van der Waals surface area contributed by atoms with Gasteiger partial charge in [-0.2, -0.15) is 5.10 Å². The number of hydrogen-bond acceptors (Lipinski definition) is 15. The van der Waals surface area contributed by atoms with Gasteiger partial charge in [0.25, 0.3) is 17.7 Å². The third-order valence-corrected chi connectivity index (χ3v) is 17.7. The average molecular weight is 1390 g/mol. The normalized spacial score (nSPS) is 11.6. The van der Waals surface area contributed by atoms with Crippen LogP contribution in [0.25, 0.3) is 77.0 Å². The van der Waals surface area contributed by atoms with Gasteiger partial charge in [0.05, 0.1) is 28.3 Å². The van der Waals surface area contributed by atoms with Gasteiger partial charge < -0.3 is 17.2 Å². The van der Waals surface area contributed by atoms with Gasteiger partial charge in [-0.15, -0.1) is 0 Å². The number of aryl methyl sites for hydroxylation is 2. The standard InChI is InChI=1S/C22H16FN3O.C22H20N6O.C21H15FN4O.C18H15FN2O/c23-17-6-4-16(5-7-17)19-12-21(22(24)27)26-20-11-14(3-8-18(19)20)10-15-2-1-9-25-13-15;1-28-12-16(11-26-28)18-8-20(21(23)29)27-19-7-13(2-5-17(18)19)6-14-9-24-22(25-10-14)15-3-4-15;22-16-4-2-15(3-5-16)18-9-20(21(23)27)26-19-8-13(1-6-17(18)19)7-14-10-24-12-25-11-14;1-11-5-6-20-10-14(11)7-13-3-4-15-16(19)9-17(12(2)22)21-18(15)8-13/h1-9,11-13H,10H2,(H2,24,27);2,5,7-12,15H,3-4,6H2,1H3,(H2,23,29);1-6,8-12H,7H2,(H2,23,27);3-6,8-10H,7H2,1-2H3. The zero-order valence-electron chi connectivity index (χ0n) is 57.1. The predicted octanol–water partition coefficient (Wildman–Crippen LogP) is 14.5. The summed E-state index contributed by atoms with van der Waals surface area (Å²) in [6, 6.07) is 47.6. The minimum Gasteiger partial charge on any atom is -0.364 e. The van der Waals surface area contributed by atoms with Crippen molar-refractivity contribution < 1.29 is 32.3 Å². The number of nitrogens with zero attached hydrogens (tertiary/aromatic N) is 12. The van der Waals surface area contributed by atoms with E-state index >= 15 is 0 Å². The summed E-state index contributed by atoms with van der Waals surface area (Å²) >= 11 is 0. The maximum Gasteiger partial charge on any atom is 0.267 e. The highest BCUT2D eigenvalue weighted by Gasteiger charge is 2.26. The van der Waals surface area contributed by atoms with E-state index in [0.29, 0.717) is 53.5 Å². The molecule has 6 N–H and O–H groups in total. The lowest BCUT2D eigenvalue weighted by molar-refractivity contribution is 0.0987. The zero-order valence-corrected chi connectivity index (χ0v) is 57.1. The molecular weight excluding hydrogens is 1330 g/mol. The first kappa shape index (κ1) is 70.0. The van der Waals surface area contributed by atoms with Gasteiger partial charge in [-0.3, -0.25) is 33.8 Å². The summed E-state index contributed by atoms with van der Waals surface area (Å²) in [4.78, 5) is 89.6. The molecule has 0 spiro atoms. The molecule has 1 fully saturated rings. The van der Waals surface area contributed by atoms with Crippen LogP contribution in [0.2, 0.25) is 0 Å². The first-order valence-corrected chi connectivity index (χ1v) is 33.5. The van der Waals surface area contributed by atoms with Gasteiger partial charge in [0, 0.05) is 122 Å². The third-order valence-electron chi connectivity index (χ3n) is 17.7. The Morgan fingerprint density at radius 3 is 1.32 bits per heavy atom. The molecule has 1 aliphatic rings. The highest BCUT2D eigenvalue weighted by molar-refractivity contribution is 6.03. The van der Waals surface area contributed by atoms with Crippen molar-refractivity contribution >= 4 is 67.1 Å². The maximum absolute atomic E-state index is 14.0. The van der Waals surface area contributed by atoms with Crippen molar-refractivity contribution in [1.29, 1.82) is 0 Å². The second-order valence-electron chi connectivity index (χ2n) is 25.5. The number of halogens is 3. The molecule has 1 saturated carbocycles. The summed E-state index contributed by atoms with van der Waals surface area (Å²) in [6.07, 6.45) is 24.8. The summed E-state index contributed by atoms with van der Waals surface area (Å²) in [5.41, 5.74) is 34.2. The van der Waals surface area contributed by atoms with Crippen LogP contribution in [-0.2, 0) is 32.7 Å². The Bertz CT molecular complexity index is 5590. The van der Waals surface area contributed by atoms with Crippen molar-refractivity contribution in [2.75, 3.05) is 0 Å². The van der Waals surface area contributed by atoms with Crippen LogP contribution in [0.5, 0.6) is 0 Å². The number of aromatic nitrogens is 12. The number of benzene rings is 6. The van der Waals surface area contributed by atoms with Gasteiger partial charge in [0.15, 0.2) is 5.78 Å². The number of amides is 3. The fraction of sp³-hybridized carbons (Fsp3) is 0.120. The van der Waals surface area contributed by atoms with Gasteiger partial charge in [-0.25, -0.2) is 53.0 Å². The molecule has 16 rings (SSSR count). The van der Waals surface area contributed by atoms with Crippen LogP contribution in [-0.4, -0.2) is 83.1 Å². The SMILES string of the molecule is CC(=O)c1cc(F)c2ccc(Cc3cnccc3C)cc2n1.Cn1cc(-c2cc(C(N)=O)nc3cc(Cc4cnc(C5CC5)nc4)ccc23)cn1.NC(=O)c1cc(-c2ccc(F)cc2)c2ccc(Cc3cccnc3)cc2n1.NC(=O)c1cc(-c2ccc(F)cc2)c2ccc(Cc3cncnc3)cc2n1. The van der Waals surface area contributed by atoms with E-state index < -0.39 is 23.5 Å². The molecule has 0 aliphatic heterocycles. The topological polar surface area (TPSA) is 293 Å². The van der Waals surface area contributed by atoms with Gasteiger partial charge in [-0.05, 0) is 195 Å². The first-order valence-electron chi connectivity index (χ1n) is 33.5. The van der Waals surface area contributed by atoms with Crippen LogP contribution in [0.1, 0.15) is 124 Å². The lowest BCUT2D eigenvalue weighted by Crippen LogP contribution is -2.13. The van der Waals surface area contributed by atoms with Crippen LogP contribution >= 0.6 is 0 Å². The number of carbonyl (C=O) groups excluding carboxylic acids is 4. The molecule has 518 valence electrons. The molecule has 1 aliphatic carbocycles. The summed E-state index contributed by atoms with van der Waals surface area (Å²) < 4.78 is 42.3. The number of carbonyl (C=O) groups is 4. The number of nitrogens with two attached hydrogens (primary N) is 3. The molecule has 9 aromatic heterocycles. The molecule has 6 aromatic carbocycles. The van der Waals surface area contributed by atoms with Crippen LogP contribution in [0.4, 0.5) is 13.2 Å². The van der Waals surface area contributed by atoms with Gasteiger partial charge in [-0.1, -0.05) is 72.8 Å². The van der Waals surface area contributed by atoms with E-state index in [1.165, 1.54) is 56.4 Å². The van der Waals surface area contributed by atoms with Gasteiger partial charge >= 0.3 is 0 Å². The van der Waals surface area contributed by atoms with Crippen molar-refractivity contribution in [3.8, 4) is 33.4 Å². The number of fused-ring (bicyclic) bond motifs is 4. The van der Waals surface area contributed by atoms with E-state index in [0.717, 1.165) is 111 Å². The Morgan fingerprint density at radius 2 is 0.876 bits per heavy atom. The lowest BCUT2D eigenvalue weighted by atomic mass is 9.97. The maximum atomic E-state index is 14.0. The molecule has 22 heteroatoms. The fourth-order valence-corrected chi connectivity index (χ4v) is 12.1.